The van der Waals surface area contributed by atoms with E-state index in [2.05, 4.69) is 122 Å². The highest BCUT2D eigenvalue weighted by Gasteiger charge is 2.07. The first-order valence-electron chi connectivity index (χ1n) is 11.5. The van der Waals surface area contributed by atoms with E-state index in [1.54, 1.807) is 0 Å². The summed E-state index contributed by atoms with van der Waals surface area (Å²) in [6, 6.07) is 41.4. The highest BCUT2D eigenvalue weighted by Crippen LogP contribution is 2.36. The first kappa shape index (κ1) is 20.1. The Bertz CT molecular complexity index is 1540. The molecule has 0 spiro atoms. The predicted molar refractivity (Wildman–Crippen MR) is 148 cm³/mol. The van der Waals surface area contributed by atoms with Crippen LogP contribution in [0.5, 0.6) is 0 Å². The molecule has 0 aliphatic heterocycles. The highest BCUT2D eigenvalue weighted by molar-refractivity contribution is 7.99. The summed E-state index contributed by atoms with van der Waals surface area (Å²) in [5, 5.41) is 13.6. The molecule has 0 saturated heterocycles. The van der Waals surface area contributed by atoms with Gasteiger partial charge in [-0.1, -0.05) is 116 Å². The first-order chi connectivity index (χ1) is 16.3. The van der Waals surface area contributed by atoms with E-state index in [0.29, 0.717) is 0 Å². The van der Waals surface area contributed by atoms with Gasteiger partial charge >= 0.3 is 0 Å². The summed E-state index contributed by atoms with van der Waals surface area (Å²) in [4.78, 5) is 1.42. The minimum atomic E-state index is 1.11. The molecular formula is C32H24S. The fourth-order valence-corrected chi connectivity index (χ4v) is 5.91. The number of thioether (sulfide) groups is 1. The molecule has 0 fully saturated rings. The van der Waals surface area contributed by atoms with Crippen molar-refractivity contribution in [1.82, 2.24) is 0 Å². The van der Waals surface area contributed by atoms with Crippen LogP contribution < -0.4 is 0 Å². The van der Waals surface area contributed by atoms with Crippen LogP contribution in [0.4, 0.5) is 0 Å². The molecule has 0 nitrogen and oxygen atoms in total. The Labute approximate surface area is 198 Å². The predicted octanol–water partition coefficient (Wildman–Crippen LogP) is 9.69. The van der Waals surface area contributed by atoms with Gasteiger partial charge in [0.05, 0.1) is 0 Å². The van der Waals surface area contributed by atoms with Crippen molar-refractivity contribution in [2.24, 2.45) is 0 Å². The largest absolute Gasteiger partial charge is 0.125 e. The average Bonchev–Trinajstić information content (AvgIpc) is 2.88. The third-order valence-corrected chi connectivity index (χ3v) is 7.42. The molecule has 0 radical (unpaired) electrons. The molecule has 0 N–H and O–H groups in total. The van der Waals surface area contributed by atoms with E-state index < -0.39 is 0 Å². The SMILES string of the molecule is CCSc1c2ccccc2cc2ccccc12.c1cc2ccc3cccc4ccc(c1)c2c34. The van der Waals surface area contributed by atoms with Crippen molar-refractivity contribution >= 4 is 65.6 Å². The molecule has 0 aromatic heterocycles. The first-order valence-corrected chi connectivity index (χ1v) is 12.5. The molecule has 7 aromatic rings. The van der Waals surface area contributed by atoms with E-state index in [0.717, 1.165) is 5.75 Å². The van der Waals surface area contributed by atoms with Crippen molar-refractivity contribution in [3.8, 4) is 0 Å². The maximum Gasteiger partial charge on any atom is 0.0229 e. The van der Waals surface area contributed by atoms with Crippen LogP contribution in [-0.2, 0) is 0 Å². The fourth-order valence-electron chi connectivity index (χ4n) is 4.94. The van der Waals surface area contributed by atoms with Gasteiger partial charge in [-0.15, -0.1) is 11.8 Å². The molecular weight excluding hydrogens is 416 g/mol. The lowest BCUT2D eigenvalue weighted by molar-refractivity contribution is 1.50. The van der Waals surface area contributed by atoms with Crippen LogP contribution in [0.2, 0.25) is 0 Å². The van der Waals surface area contributed by atoms with Crippen LogP contribution in [0.15, 0.2) is 120 Å². The number of hydrogen-bond donors (Lipinski definition) is 0. The summed E-state index contributed by atoms with van der Waals surface area (Å²) in [6.07, 6.45) is 0. The minimum absolute atomic E-state index is 1.11. The zero-order valence-electron chi connectivity index (χ0n) is 18.6. The summed E-state index contributed by atoms with van der Waals surface area (Å²) in [6.45, 7) is 2.21. The van der Waals surface area contributed by atoms with Gasteiger partial charge in [0.25, 0.3) is 0 Å². The second-order valence-electron chi connectivity index (χ2n) is 8.37. The molecule has 0 atom stereocenters. The molecule has 1 heteroatoms. The van der Waals surface area contributed by atoms with Crippen molar-refractivity contribution in [3.63, 3.8) is 0 Å². The Morgan fingerprint density at radius 3 is 1.27 bits per heavy atom. The molecule has 33 heavy (non-hydrogen) atoms. The van der Waals surface area contributed by atoms with Gasteiger partial charge in [-0.25, -0.2) is 0 Å². The summed E-state index contributed by atoms with van der Waals surface area (Å²) in [7, 11) is 0. The van der Waals surface area contributed by atoms with Crippen molar-refractivity contribution in [2.45, 2.75) is 11.8 Å². The number of fused-ring (bicyclic) bond motifs is 2. The third-order valence-electron chi connectivity index (χ3n) is 6.40. The molecule has 0 saturated carbocycles. The van der Waals surface area contributed by atoms with Gasteiger partial charge in [-0.05, 0) is 65.7 Å². The minimum Gasteiger partial charge on any atom is -0.125 e. The zero-order valence-corrected chi connectivity index (χ0v) is 19.4. The molecule has 0 aliphatic carbocycles. The molecule has 0 aliphatic rings. The van der Waals surface area contributed by atoms with Crippen LogP contribution in [-0.4, -0.2) is 5.75 Å². The number of hydrogen-bond acceptors (Lipinski definition) is 1. The van der Waals surface area contributed by atoms with Crippen LogP contribution in [0, 0.1) is 0 Å². The van der Waals surface area contributed by atoms with Crippen molar-refractivity contribution in [1.29, 1.82) is 0 Å². The molecule has 0 bridgehead atoms. The van der Waals surface area contributed by atoms with Crippen LogP contribution in [0.3, 0.4) is 0 Å². The van der Waals surface area contributed by atoms with Crippen LogP contribution in [0.25, 0.3) is 53.9 Å². The van der Waals surface area contributed by atoms with Crippen molar-refractivity contribution in [2.75, 3.05) is 5.75 Å². The Hall–Kier alpha value is -3.55. The lowest BCUT2D eigenvalue weighted by atomic mass is 9.95. The molecule has 0 amide bonds. The van der Waals surface area contributed by atoms with Gasteiger partial charge in [-0.3, -0.25) is 0 Å². The quantitative estimate of drug-likeness (QED) is 0.146. The average molecular weight is 441 g/mol. The maximum atomic E-state index is 2.28. The standard InChI is InChI=1S/C16H14S.C16H10/c1-2-17-16-14-9-5-3-7-12(14)11-13-8-4-6-10-15(13)16;1-3-11-7-9-13-5-2-6-14-10-8-12(4-1)15(11)16(13)14/h3-11H,2H2,1H3;1-10H. The van der Waals surface area contributed by atoms with E-state index in [9.17, 15) is 0 Å². The smallest absolute Gasteiger partial charge is 0.0229 e. The van der Waals surface area contributed by atoms with Gasteiger partial charge in [0, 0.05) is 4.90 Å². The third kappa shape index (κ3) is 3.50. The van der Waals surface area contributed by atoms with Gasteiger partial charge in [0.1, 0.15) is 0 Å². The molecule has 7 rings (SSSR count). The zero-order chi connectivity index (χ0) is 22.2. The summed E-state index contributed by atoms with van der Waals surface area (Å²) in [5.74, 6) is 1.11. The Kier molecular flexibility index (Phi) is 5.13. The van der Waals surface area contributed by atoms with E-state index in [1.165, 1.54) is 58.8 Å². The Morgan fingerprint density at radius 1 is 0.455 bits per heavy atom. The van der Waals surface area contributed by atoms with E-state index in [-0.39, 0.29) is 0 Å². The van der Waals surface area contributed by atoms with Crippen LogP contribution >= 0.6 is 11.8 Å². The monoisotopic (exact) mass is 440 g/mol. The Balaban J connectivity index is 0.000000125. The number of benzene rings is 7. The van der Waals surface area contributed by atoms with Gasteiger partial charge in [0.15, 0.2) is 0 Å². The fraction of sp³-hybridized carbons (Fsp3) is 0.0625. The summed E-state index contributed by atoms with van der Waals surface area (Å²) in [5.41, 5.74) is 0. The van der Waals surface area contributed by atoms with Crippen LogP contribution in [0.1, 0.15) is 6.92 Å². The maximum absolute atomic E-state index is 2.28. The van der Waals surface area contributed by atoms with E-state index >= 15 is 0 Å². The summed E-state index contributed by atoms with van der Waals surface area (Å²) < 4.78 is 0. The second kappa shape index (κ2) is 8.42. The topological polar surface area (TPSA) is 0 Å². The lowest BCUT2D eigenvalue weighted by Crippen LogP contribution is -1.82. The second-order valence-corrected chi connectivity index (χ2v) is 9.64. The lowest BCUT2D eigenvalue weighted by Gasteiger charge is -2.09. The highest BCUT2D eigenvalue weighted by atomic mass is 32.2. The van der Waals surface area contributed by atoms with E-state index in [4.69, 9.17) is 0 Å². The van der Waals surface area contributed by atoms with E-state index in [1.807, 2.05) is 11.8 Å². The van der Waals surface area contributed by atoms with Crippen molar-refractivity contribution < 1.29 is 0 Å². The van der Waals surface area contributed by atoms with Gasteiger partial charge < -0.3 is 0 Å². The van der Waals surface area contributed by atoms with Gasteiger partial charge in [0.2, 0.25) is 0 Å². The molecule has 0 unspecified atom stereocenters. The van der Waals surface area contributed by atoms with Gasteiger partial charge in [-0.2, -0.15) is 0 Å². The molecule has 0 heterocycles. The number of rotatable bonds is 2. The molecule has 158 valence electrons. The Morgan fingerprint density at radius 2 is 0.848 bits per heavy atom. The normalized spacial score (nSPS) is 11.4. The molecule has 7 aromatic carbocycles. The summed E-state index contributed by atoms with van der Waals surface area (Å²) >= 11 is 1.93. The van der Waals surface area contributed by atoms with Crippen molar-refractivity contribution in [3.05, 3.63) is 115 Å².